The van der Waals surface area contributed by atoms with Crippen LogP contribution in [0.1, 0.15) is 10.4 Å². The fourth-order valence-corrected chi connectivity index (χ4v) is 4.93. The summed E-state index contributed by atoms with van der Waals surface area (Å²) in [6.45, 7) is 2.99. The second-order valence-corrected chi connectivity index (χ2v) is 10.1. The maximum Gasteiger partial charge on any atom is 0.343 e. The van der Waals surface area contributed by atoms with Crippen molar-refractivity contribution >= 4 is 42.7 Å². The zero-order valence-electron chi connectivity index (χ0n) is 16.6. The number of aromatic nitrogens is 1. The van der Waals surface area contributed by atoms with E-state index >= 15 is 0 Å². The predicted molar refractivity (Wildman–Crippen MR) is 115 cm³/mol. The second-order valence-electron chi connectivity index (χ2n) is 6.93. The summed E-state index contributed by atoms with van der Waals surface area (Å²) in [5, 5.41) is 0.925. The summed E-state index contributed by atoms with van der Waals surface area (Å²) in [4.78, 5) is 19.4. The highest BCUT2D eigenvalue weighted by Gasteiger charge is 2.19. The van der Waals surface area contributed by atoms with Gasteiger partial charge in [-0.1, -0.05) is 11.3 Å². The van der Waals surface area contributed by atoms with Crippen molar-refractivity contribution in [1.29, 1.82) is 0 Å². The molecule has 1 aliphatic rings. The summed E-state index contributed by atoms with van der Waals surface area (Å²) >= 11 is 1.54. The smallest absolute Gasteiger partial charge is 0.343 e. The van der Waals surface area contributed by atoms with Crippen LogP contribution in [0.2, 0.25) is 0 Å². The molecule has 2 aromatic carbocycles. The van der Waals surface area contributed by atoms with Crippen molar-refractivity contribution in [2.24, 2.45) is 0 Å². The normalized spacial score (nSPS) is 15.0. The Morgan fingerprint density at radius 3 is 2.50 bits per heavy atom. The van der Waals surface area contributed by atoms with Gasteiger partial charge in [0.1, 0.15) is 5.75 Å². The molecule has 0 radical (unpaired) electrons. The van der Waals surface area contributed by atoms with Crippen molar-refractivity contribution < 1.29 is 22.7 Å². The molecular weight excluding hydrogens is 426 g/mol. The molecule has 2 heterocycles. The van der Waals surface area contributed by atoms with E-state index < -0.39 is 16.0 Å². The molecule has 0 unspecified atom stereocenters. The number of thiazole rings is 1. The summed E-state index contributed by atoms with van der Waals surface area (Å²) in [7, 11) is -0.634. The van der Waals surface area contributed by atoms with Crippen LogP contribution in [-0.2, 0) is 14.8 Å². The van der Waals surface area contributed by atoms with E-state index in [4.69, 9.17) is 9.47 Å². The van der Waals surface area contributed by atoms with Gasteiger partial charge in [0.05, 0.1) is 33.9 Å². The molecule has 0 saturated carbocycles. The van der Waals surface area contributed by atoms with Crippen LogP contribution in [0.25, 0.3) is 10.2 Å². The minimum absolute atomic E-state index is 0.116. The van der Waals surface area contributed by atoms with Crippen LogP contribution < -0.4 is 9.64 Å². The molecule has 4 rings (SSSR count). The van der Waals surface area contributed by atoms with E-state index in [9.17, 15) is 13.2 Å². The van der Waals surface area contributed by atoms with Gasteiger partial charge in [-0.25, -0.2) is 22.5 Å². The molecule has 30 heavy (non-hydrogen) atoms. The molecular formula is C20H21N3O5S2. The Kier molecular flexibility index (Phi) is 5.74. The first kappa shape index (κ1) is 20.7. The Morgan fingerprint density at radius 1 is 1.13 bits per heavy atom. The molecule has 1 aliphatic heterocycles. The highest BCUT2D eigenvalue weighted by atomic mass is 32.2. The number of hydrogen-bond acceptors (Lipinski definition) is 8. The van der Waals surface area contributed by atoms with E-state index in [2.05, 4.69) is 9.88 Å². The summed E-state index contributed by atoms with van der Waals surface area (Å²) in [6.07, 6.45) is 0. The highest BCUT2D eigenvalue weighted by molar-refractivity contribution is 7.89. The van der Waals surface area contributed by atoms with Crippen molar-refractivity contribution in [1.82, 2.24) is 9.29 Å². The molecule has 0 N–H and O–H groups in total. The van der Waals surface area contributed by atoms with E-state index in [1.165, 1.54) is 38.4 Å². The molecule has 1 saturated heterocycles. The maximum atomic E-state index is 12.5. The van der Waals surface area contributed by atoms with E-state index in [1.807, 2.05) is 6.07 Å². The number of carbonyl (C=O) groups excluding carboxylic acids is 1. The van der Waals surface area contributed by atoms with Crippen LogP contribution in [-0.4, -0.2) is 64.1 Å². The molecule has 158 valence electrons. The van der Waals surface area contributed by atoms with Crippen molar-refractivity contribution in [3.8, 4) is 5.75 Å². The second kappa shape index (κ2) is 8.31. The average Bonchev–Trinajstić information content (AvgIpc) is 3.18. The molecule has 0 atom stereocenters. The van der Waals surface area contributed by atoms with Crippen LogP contribution in [0, 0.1) is 0 Å². The van der Waals surface area contributed by atoms with Crippen molar-refractivity contribution in [3.63, 3.8) is 0 Å². The van der Waals surface area contributed by atoms with Gasteiger partial charge in [0.15, 0.2) is 5.13 Å². The molecule has 0 bridgehead atoms. The lowest BCUT2D eigenvalue weighted by Crippen LogP contribution is -2.36. The zero-order chi connectivity index (χ0) is 21.3. The topological polar surface area (TPSA) is 89.0 Å². The lowest BCUT2D eigenvalue weighted by molar-refractivity contribution is 0.0735. The van der Waals surface area contributed by atoms with Gasteiger partial charge >= 0.3 is 5.97 Å². The quantitative estimate of drug-likeness (QED) is 0.439. The molecule has 3 aromatic rings. The van der Waals surface area contributed by atoms with Gasteiger partial charge in [-0.2, -0.15) is 0 Å². The Hall–Kier alpha value is -2.53. The van der Waals surface area contributed by atoms with Gasteiger partial charge in [-0.15, -0.1) is 0 Å². The van der Waals surface area contributed by atoms with Gasteiger partial charge in [0.25, 0.3) is 0 Å². The van der Waals surface area contributed by atoms with Crippen molar-refractivity contribution in [3.05, 3.63) is 48.0 Å². The van der Waals surface area contributed by atoms with Gasteiger partial charge in [0, 0.05) is 33.3 Å². The largest absolute Gasteiger partial charge is 0.423 e. The summed E-state index contributed by atoms with van der Waals surface area (Å²) in [5.74, 6) is -0.143. The van der Waals surface area contributed by atoms with Gasteiger partial charge in [0.2, 0.25) is 10.0 Å². The Bertz CT molecular complexity index is 1170. The van der Waals surface area contributed by atoms with Gasteiger partial charge in [-0.05, 0) is 36.4 Å². The lowest BCUT2D eigenvalue weighted by Gasteiger charge is -2.25. The van der Waals surface area contributed by atoms with Crippen molar-refractivity contribution in [2.75, 3.05) is 45.3 Å². The van der Waals surface area contributed by atoms with Crippen molar-refractivity contribution in [2.45, 2.75) is 4.90 Å². The predicted octanol–water partition coefficient (Wildman–Crippen LogP) is 2.60. The first-order valence-electron chi connectivity index (χ1n) is 9.33. The molecule has 1 aromatic heterocycles. The Balaban J connectivity index is 1.50. The number of rotatable bonds is 5. The number of sulfonamides is 1. The first-order valence-corrected chi connectivity index (χ1v) is 11.6. The molecule has 8 nitrogen and oxygen atoms in total. The van der Waals surface area contributed by atoms with Crippen LogP contribution in [0.3, 0.4) is 0 Å². The van der Waals surface area contributed by atoms with E-state index in [0.717, 1.165) is 32.7 Å². The van der Waals surface area contributed by atoms with E-state index in [0.29, 0.717) is 19.0 Å². The molecule has 0 amide bonds. The molecule has 10 heteroatoms. The monoisotopic (exact) mass is 447 g/mol. The summed E-state index contributed by atoms with van der Waals surface area (Å²) in [6, 6.07) is 11.0. The van der Waals surface area contributed by atoms with Crippen LogP contribution >= 0.6 is 11.3 Å². The fourth-order valence-electron chi connectivity index (χ4n) is 2.99. The van der Waals surface area contributed by atoms with Crippen LogP contribution in [0.4, 0.5) is 5.13 Å². The molecule has 0 aliphatic carbocycles. The molecule has 1 fully saturated rings. The third-order valence-electron chi connectivity index (χ3n) is 4.71. The van der Waals surface area contributed by atoms with E-state index in [-0.39, 0.29) is 10.5 Å². The standard InChI is InChI=1S/C20H21N3O5S2/c1-22(2)30(25,26)16-6-3-14(4-7-16)19(24)28-15-5-8-17-18(13-15)29-20(21-17)23-9-11-27-12-10-23/h3-8,13H,9-12H2,1-2H3. The number of morpholine rings is 1. The third-order valence-corrected chi connectivity index (χ3v) is 7.62. The number of hydrogen-bond donors (Lipinski definition) is 0. The van der Waals surface area contributed by atoms with Gasteiger partial charge in [-0.3, -0.25) is 0 Å². The minimum atomic E-state index is -3.55. The van der Waals surface area contributed by atoms with Crippen LogP contribution in [0.5, 0.6) is 5.75 Å². The van der Waals surface area contributed by atoms with E-state index in [1.54, 1.807) is 23.5 Å². The fraction of sp³-hybridized carbons (Fsp3) is 0.300. The SMILES string of the molecule is CN(C)S(=O)(=O)c1ccc(C(=O)Oc2ccc3nc(N4CCOCC4)sc3c2)cc1. The number of benzene rings is 2. The average molecular weight is 448 g/mol. The minimum Gasteiger partial charge on any atom is -0.423 e. The summed E-state index contributed by atoms with van der Waals surface area (Å²) < 4.78 is 37.2. The Morgan fingerprint density at radius 2 is 1.83 bits per heavy atom. The Labute approximate surface area is 178 Å². The number of nitrogens with zero attached hydrogens (tertiary/aromatic N) is 3. The molecule has 0 spiro atoms. The summed E-state index contributed by atoms with van der Waals surface area (Å²) in [5.41, 5.74) is 1.12. The highest BCUT2D eigenvalue weighted by Crippen LogP contribution is 2.32. The van der Waals surface area contributed by atoms with Gasteiger partial charge < -0.3 is 14.4 Å². The number of ether oxygens (including phenoxy) is 2. The lowest BCUT2D eigenvalue weighted by atomic mass is 10.2. The number of carbonyl (C=O) groups is 1. The third kappa shape index (κ3) is 4.17. The maximum absolute atomic E-state index is 12.5. The van der Waals surface area contributed by atoms with Crippen LogP contribution in [0.15, 0.2) is 47.4 Å². The number of anilines is 1. The number of esters is 1. The zero-order valence-corrected chi connectivity index (χ0v) is 18.2. The first-order chi connectivity index (χ1) is 14.3. The number of fused-ring (bicyclic) bond motifs is 1.